The number of rotatable bonds is 15. The largest absolute Gasteiger partial charge is 0.480 e. The van der Waals surface area contributed by atoms with Gasteiger partial charge in [-0.05, 0) is 18.9 Å². The van der Waals surface area contributed by atoms with E-state index in [1.807, 2.05) is 0 Å². The lowest BCUT2D eigenvalue weighted by atomic mass is 10.0. The Morgan fingerprint density at radius 1 is 0.833 bits per heavy atom. The number of aliphatic hydroxyl groups excluding tert-OH is 1. The fourth-order valence-corrected chi connectivity index (χ4v) is 3.05. The van der Waals surface area contributed by atoms with Gasteiger partial charge in [-0.2, -0.15) is 0 Å². The Morgan fingerprint density at radius 2 is 1.36 bits per heavy atom. The molecular weight excluding hydrogens is 476 g/mol. The van der Waals surface area contributed by atoms with E-state index in [1.165, 1.54) is 6.92 Å². The van der Waals surface area contributed by atoms with Crippen LogP contribution < -0.4 is 33.2 Å². The Labute approximate surface area is 206 Å². The highest BCUT2D eigenvalue weighted by molar-refractivity contribution is 5.96. The first-order valence-corrected chi connectivity index (χ1v) is 11.0. The maximum absolute atomic E-state index is 12.9. The fraction of sp³-hybridized carbons (Fsp3) is 0.455. The number of carboxylic acid groups (broad SMARTS) is 1. The van der Waals surface area contributed by atoms with E-state index in [-0.39, 0.29) is 19.3 Å². The number of carboxylic acids is 1. The molecule has 198 valence electrons. The molecule has 0 bridgehead atoms. The molecule has 1 aromatic carbocycles. The predicted octanol–water partition coefficient (Wildman–Crippen LogP) is -3.38. The molecule has 0 aliphatic carbocycles. The molecule has 0 fully saturated rings. The second-order valence-electron chi connectivity index (χ2n) is 8.15. The van der Waals surface area contributed by atoms with Gasteiger partial charge in [-0.1, -0.05) is 30.3 Å². The zero-order chi connectivity index (χ0) is 27.4. The van der Waals surface area contributed by atoms with Gasteiger partial charge in [0.05, 0.1) is 12.5 Å². The molecule has 1 rings (SSSR count). The van der Waals surface area contributed by atoms with Crippen LogP contribution in [0.25, 0.3) is 0 Å². The summed E-state index contributed by atoms with van der Waals surface area (Å²) in [6, 6.07) is 2.64. The van der Waals surface area contributed by atoms with Crippen LogP contribution in [0.3, 0.4) is 0 Å². The van der Waals surface area contributed by atoms with E-state index in [0.717, 1.165) is 0 Å². The molecule has 0 aliphatic heterocycles. The number of nitrogens with two attached hydrogens (primary N) is 3. The Hall–Kier alpha value is -4.04. The molecule has 5 amide bonds. The van der Waals surface area contributed by atoms with Gasteiger partial charge in [-0.15, -0.1) is 0 Å². The Kier molecular flexibility index (Phi) is 12.0. The van der Waals surface area contributed by atoms with E-state index in [9.17, 15) is 39.0 Å². The number of hydrogen-bond acceptors (Lipinski definition) is 8. The lowest BCUT2D eigenvalue weighted by Crippen LogP contribution is -2.58. The predicted molar refractivity (Wildman–Crippen MR) is 125 cm³/mol. The third kappa shape index (κ3) is 10.5. The van der Waals surface area contributed by atoms with Gasteiger partial charge < -0.3 is 43.4 Å². The number of hydrogen-bond donors (Lipinski definition) is 8. The van der Waals surface area contributed by atoms with Crippen LogP contribution in [-0.4, -0.2) is 76.0 Å². The summed E-state index contributed by atoms with van der Waals surface area (Å²) in [7, 11) is 0. The summed E-state index contributed by atoms with van der Waals surface area (Å²) < 4.78 is 0. The quantitative estimate of drug-likeness (QED) is 0.117. The molecule has 0 spiro atoms. The Balaban J connectivity index is 3.04. The lowest BCUT2D eigenvalue weighted by Gasteiger charge is -2.25. The van der Waals surface area contributed by atoms with Gasteiger partial charge in [0.15, 0.2) is 0 Å². The van der Waals surface area contributed by atoms with Gasteiger partial charge in [0.1, 0.15) is 24.2 Å². The molecule has 1 aromatic rings. The minimum Gasteiger partial charge on any atom is -0.480 e. The van der Waals surface area contributed by atoms with Crippen LogP contribution in [0.1, 0.15) is 31.7 Å². The van der Waals surface area contributed by atoms with Gasteiger partial charge in [0, 0.05) is 12.8 Å². The van der Waals surface area contributed by atoms with Crippen molar-refractivity contribution in [3.05, 3.63) is 35.9 Å². The molecule has 14 heteroatoms. The van der Waals surface area contributed by atoms with E-state index in [0.29, 0.717) is 5.56 Å². The van der Waals surface area contributed by atoms with Crippen LogP contribution in [0.4, 0.5) is 0 Å². The van der Waals surface area contributed by atoms with Crippen molar-refractivity contribution in [3.8, 4) is 0 Å². The lowest BCUT2D eigenvalue weighted by molar-refractivity contribution is -0.142. The van der Waals surface area contributed by atoms with E-state index in [2.05, 4.69) is 16.0 Å². The Morgan fingerprint density at radius 3 is 1.86 bits per heavy atom. The van der Waals surface area contributed by atoms with Crippen molar-refractivity contribution in [1.29, 1.82) is 0 Å². The van der Waals surface area contributed by atoms with Crippen LogP contribution in [0, 0.1) is 0 Å². The zero-order valence-electron chi connectivity index (χ0n) is 19.7. The van der Waals surface area contributed by atoms with E-state index < -0.39 is 72.2 Å². The normalized spacial score (nSPS) is 14.9. The number of amides is 5. The Bertz CT molecular complexity index is 955. The van der Waals surface area contributed by atoms with Crippen molar-refractivity contribution in [1.82, 2.24) is 16.0 Å². The highest BCUT2D eigenvalue weighted by Gasteiger charge is 2.32. The molecule has 14 nitrogen and oxygen atoms in total. The summed E-state index contributed by atoms with van der Waals surface area (Å²) in [6.07, 6.45) is -2.62. The minimum absolute atomic E-state index is 0.0757. The van der Waals surface area contributed by atoms with Gasteiger partial charge in [0.2, 0.25) is 29.5 Å². The van der Waals surface area contributed by atoms with Crippen LogP contribution >= 0.6 is 0 Å². The summed E-state index contributed by atoms with van der Waals surface area (Å²) in [5.41, 5.74) is 16.5. The van der Waals surface area contributed by atoms with Crippen LogP contribution in [0.2, 0.25) is 0 Å². The number of carbonyl (C=O) groups is 6. The maximum atomic E-state index is 12.9. The number of nitrogens with one attached hydrogen (secondary N) is 3. The van der Waals surface area contributed by atoms with Gasteiger partial charge in [0.25, 0.3) is 0 Å². The van der Waals surface area contributed by atoms with Gasteiger partial charge in [-0.3, -0.25) is 24.0 Å². The smallest absolute Gasteiger partial charge is 0.326 e. The molecule has 5 unspecified atom stereocenters. The molecule has 5 atom stereocenters. The molecular formula is C22H32N6O8. The third-order valence-electron chi connectivity index (χ3n) is 5.07. The topological polar surface area (TPSA) is 257 Å². The number of carbonyl (C=O) groups excluding carboxylic acids is 5. The highest BCUT2D eigenvalue weighted by atomic mass is 16.4. The number of benzene rings is 1. The molecule has 0 heterocycles. The van der Waals surface area contributed by atoms with Crippen molar-refractivity contribution in [2.75, 3.05) is 0 Å². The summed E-state index contributed by atoms with van der Waals surface area (Å²) in [5.74, 6) is -6.02. The van der Waals surface area contributed by atoms with Crippen molar-refractivity contribution in [2.24, 2.45) is 17.2 Å². The molecule has 0 aromatic heterocycles. The first-order chi connectivity index (χ1) is 16.8. The second-order valence-corrected chi connectivity index (χ2v) is 8.15. The SMILES string of the molecule is CC(O)C(N)C(=O)NC(CCC(N)=O)C(=O)NC(CC(N)=O)C(=O)NC(Cc1ccccc1)C(=O)O. The van der Waals surface area contributed by atoms with Crippen LogP contribution in [-0.2, 0) is 35.2 Å². The number of aliphatic hydroxyl groups is 1. The first-order valence-electron chi connectivity index (χ1n) is 11.0. The first kappa shape index (κ1) is 30.0. The van der Waals surface area contributed by atoms with Crippen molar-refractivity contribution in [2.45, 2.75) is 62.9 Å². The average molecular weight is 509 g/mol. The molecule has 36 heavy (non-hydrogen) atoms. The molecule has 0 saturated carbocycles. The minimum atomic E-state index is -1.59. The van der Waals surface area contributed by atoms with Crippen LogP contribution in [0.5, 0.6) is 0 Å². The van der Waals surface area contributed by atoms with Crippen molar-refractivity contribution < 1.29 is 39.0 Å². The third-order valence-corrected chi connectivity index (χ3v) is 5.07. The molecule has 0 saturated heterocycles. The van der Waals surface area contributed by atoms with Crippen molar-refractivity contribution in [3.63, 3.8) is 0 Å². The van der Waals surface area contributed by atoms with Gasteiger partial charge >= 0.3 is 5.97 Å². The number of primary amides is 2. The van der Waals surface area contributed by atoms with E-state index in [4.69, 9.17) is 17.2 Å². The average Bonchev–Trinajstić information content (AvgIpc) is 2.80. The summed E-state index contributed by atoms with van der Waals surface area (Å²) >= 11 is 0. The molecule has 11 N–H and O–H groups in total. The van der Waals surface area contributed by atoms with Crippen LogP contribution in [0.15, 0.2) is 30.3 Å². The summed E-state index contributed by atoms with van der Waals surface area (Å²) in [6.45, 7) is 1.25. The summed E-state index contributed by atoms with van der Waals surface area (Å²) in [5, 5.41) is 25.8. The molecule has 0 aliphatic rings. The van der Waals surface area contributed by atoms with Gasteiger partial charge in [-0.25, -0.2) is 4.79 Å². The highest BCUT2D eigenvalue weighted by Crippen LogP contribution is 2.06. The maximum Gasteiger partial charge on any atom is 0.326 e. The number of aliphatic carboxylic acids is 1. The monoisotopic (exact) mass is 508 g/mol. The van der Waals surface area contributed by atoms with E-state index >= 15 is 0 Å². The molecule has 0 radical (unpaired) electrons. The zero-order valence-corrected chi connectivity index (χ0v) is 19.7. The summed E-state index contributed by atoms with van der Waals surface area (Å²) in [4.78, 5) is 72.3. The fourth-order valence-electron chi connectivity index (χ4n) is 3.05. The standard InChI is InChI=1S/C22H32N6O8/c1-11(29)18(25)21(34)26-13(7-8-16(23)30)19(32)27-14(10-17(24)31)20(33)28-15(22(35)36)9-12-5-3-2-4-6-12/h2-6,11,13-15,18,29H,7-10,25H2,1H3,(H2,23,30)(H2,24,31)(H,26,34)(H,27,32)(H,28,33)(H,35,36). The second kappa shape index (κ2) is 14.4. The van der Waals surface area contributed by atoms with E-state index in [1.54, 1.807) is 30.3 Å². The van der Waals surface area contributed by atoms with Crippen molar-refractivity contribution >= 4 is 35.5 Å².